The fourth-order valence-electron chi connectivity index (χ4n) is 1.95. The smallest absolute Gasteiger partial charge is 0.306 e. The minimum absolute atomic E-state index is 0.0145. The molecule has 0 amide bonds. The van der Waals surface area contributed by atoms with Crippen molar-refractivity contribution in [3.05, 3.63) is 35.9 Å². The number of hydrogen-bond donors (Lipinski definition) is 0. The van der Waals surface area contributed by atoms with Crippen LogP contribution in [-0.4, -0.2) is 12.1 Å². The molecule has 0 saturated carbocycles. The number of esters is 1. The van der Waals surface area contributed by atoms with Gasteiger partial charge in [0.2, 0.25) is 0 Å². The van der Waals surface area contributed by atoms with Crippen LogP contribution in [0.5, 0.6) is 0 Å². The van der Waals surface area contributed by atoms with Crippen molar-refractivity contribution in [2.45, 2.75) is 52.1 Å². The molecule has 0 aliphatic heterocycles. The normalized spacial score (nSPS) is 12.5. The molecule has 0 aromatic heterocycles. The average Bonchev–Trinajstić information content (AvgIpc) is 2.30. The van der Waals surface area contributed by atoms with E-state index in [4.69, 9.17) is 4.74 Å². The summed E-state index contributed by atoms with van der Waals surface area (Å²) in [5, 5.41) is 0. The van der Waals surface area contributed by atoms with Crippen LogP contribution in [0.1, 0.15) is 51.5 Å². The van der Waals surface area contributed by atoms with E-state index in [0.717, 1.165) is 12.8 Å². The Kier molecular flexibility index (Phi) is 5.75. The SMILES string of the molecule is CCC(CCC(=O)OC(C)C)c1ccccc1. The lowest BCUT2D eigenvalue weighted by Crippen LogP contribution is -2.12. The Balaban J connectivity index is 2.46. The summed E-state index contributed by atoms with van der Waals surface area (Å²) in [6.45, 7) is 5.92. The number of carbonyl (C=O) groups excluding carboxylic acids is 1. The maximum atomic E-state index is 11.5. The van der Waals surface area contributed by atoms with Crippen LogP contribution in [0.25, 0.3) is 0 Å². The molecule has 1 rings (SSSR count). The van der Waals surface area contributed by atoms with Crippen molar-refractivity contribution in [1.29, 1.82) is 0 Å². The molecule has 17 heavy (non-hydrogen) atoms. The molecule has 0 spiro atoms. The van der Waals surface area contributed by atoms with Gasteiger partial charge in [-0.05, 0) is 38.2 Å². The van der Waals surface area contributed by atoms with E-state index in [1.807, 2.05) is 32.0 Å². The van der Waals surface area contributed by atoms with Crippen LogP contribution in [0.3, 0.4) is 0 Å². The van der Waals surface area contributed by atoms with Crippen LogP contribution >= 0.6 is 0 Å². The first-order valence-electron chi connectivity index (χ1n) is 6.38. The van der Waals surface area contributed by atoms with E-state index in [-0.39, 0.29) is 12.1 Å². The Bertz CT molecular complexity index is 330. The quantitative estimate of drug-likeness (QED) is 0.697. The van der Waals surface area contributed by atoms with E-state index < -0.39 is 0 Å². The van der Waals surface area contributed by atoms with Crippen molar-refractivity contribution < 1.29 is 9.53 Å². The molecule has 0 N–H and O–H groups in total. The van der Waals surface area contributed by atoms with E-state index >= 15 is 0 Å². The Hall–Kier alpha value is -1.31. The molecule has 1 unspecified atom stereocenters. The van der Waals surface area contributed by atoms with Crippen molar-refractivity contribution in [2.75, 3.05) is 0 Å². The highest BCUT2D eigenvalue weighted by atomic mass is 16.5. The standard InChI is InChI=1S/C15H22O2/c1-4-13(14-8-6-5-7-9-14)10-11-15(16)17-12(2)3/h5-9,12-13H,4,10-11H2,1-3H3. The molecule has 0 radical (unpaired) electrons. The lowest BCUT2D eigenvalue weighted by Gasteiger charge is -2.15. The van der Waals surface area contributed by atoms with Gasteiger partial charge in [-0.25, -0.2) is 0 Å². The lowest BCUT2D eigenvalue weighted by molar-refractivity contribution is -0.147. The summed E-state index contributed by atoms with van der Waals surface area (Å²) in [4.78, 5) is 11.5. The summed E-state index contributed by atoms with van der Waals surface area (Å²) in [6, 6.07) is 10.4. The fourth-order valence-corrected chi connectivity index (χ4v) is 1.95. The molecule has 1 atom stereocenters. The highest BCUT2D eigenvalue weighted by molar-refractivity contribution is 5.69. The van der Waals surface area contributed by atoms with Crippen LogP contribution in [0, 0.1) is 0 Å². The first-order valence-corrected chi connectivity index (χ1v) is 6.38. The topological polar surface area (TPSA) is 26.3 Å². The number of benzene rings is 1. The average molecular weight is 234 g/mol. The van der Waals surface area contributed by atoms with E-state index in [9.17, 15) is 4.79 Å². The third kappa shape index (κ3) is 5.03. The van der Waals surface area contributed by atoms with Crippen molar-refractivity contribution in [3.8, 4) is 0 Å². The summed E-state index contributed by atoms with van der Waals surface area (Å²) in [6.07, 6.45) is 2.41. The first kappa shape index (κ1) is 13.8. The Morgan fingerprint density at radius 2 is 1.88 bits per heavy atom. The number of carbonyl (C=O) groups is 1. The minimum atomic E-state index is -0.0885. The highest BCUT2D eigenvalue weighted by Crippen LogP contribution is 2.24. The molecule has 1 aromatic carbocycles. The molecule has 2 nitrogen and oxygen atoms in total. The van der Waals surface area contributed by atoms with Crippen molar-refractivity contribution >= 4 is 5.97 Å². The lowest BCUT2D eigenvalue weighted by atomic mass is 9.92. The van der Waals surface area contributed by atoms with Gasteiger partial charge in [0.25, 0.3) is 0 Å². The van der Waals surface area contributed by atoms with Gasteiger partial charge < -0.3 is 4.74 Å². The van der Waals surface area contributed by atoms with Crippen LogP contribution < -0.4 is 0 Å². The zero-order chi connectivity index (χ0) is 12.7. The van der Waals surface area contributed by atoms with Gasteiger partial charge in [0, 0.05) is 6.42 Å². The molecule has 0 fully saturated rings. The second kappa shape index (κ2) is 7.10. The second-order valence-electron chi connectivity index (χ2n) is 4.59. The van der Waals surface area contributed by atoms with Gasteiger partial charge >= 0.3 is 5.97 Å². The molecular weight excluding hydrogens is 212 g/mol. The molecule has 2 heteroatoms. The van der Waals surface area contributed by atoms with Gasteiger partial charge in [0.05, 0.1) is 6.10 Å². The summed E-state index contributed by atoms with van der Waals surface area (Å²) >= 11 is 0. The molecule has 0 aliphatic rings. The molecule has 0 bridgehead atoms. The summed E-state index contributed by atoms with van der Waals surface area (Å²) < 4.78 is 5.14. The summed E-state index contributed by atoms with van der Waals surface area (Å²) in [7, 11) is 0. The number of hydrogen-bond acceptors (Lipinski definition) is 2. The largest absolute Gasteiger partial charge is 0.463 e. The van der Waals surface area contributed by atoms with Crippen molar-refractivity contribution in [3.63, 3.8) is 0 Å². The minimum Gasteiger partial charge on any atom is -0.463 e. The van der Waals surface area contributed by atoms with E-state index in [2.05, 4.69) is 19.1 Å². The second-order valence-corrected chi connectivity index (χ2v) is 4.59. The van der Waals surface area contributed by atoms with Crippen LogP contribution in [-0.2, 0) is 9.53 Å². The van der Waals surface area contributed by atoms with Gasteiger partial charge in [-0.3, -0.25) is 4.79 Å². The van der Waals surface area contributed by atoms with E-state index in [0.29, 0.717) is 12.3 Å². The maximum absolute atomic E-state index is 11.5. The van der Waals surface area contributed by atoms with Crippen LogP contribution in [0.2, 0.25) is 0 Å². The van der Waals surface area contributed by atoms with Gasteiger partial charge in [-0.2, -0.15) is 0 Å². The zero-order valence-electron chi connectivity index (χ0n) is 11.0. The molecule has 0 saturated heterocycles. The van der Waals surface area contributed by atoms with Crippen LogP contribution in [0.15, 0.2) is 30.3 Å². The Labute approximate surface area is 104 Å². The highest BCUT2D eigenvalue weighted by Gasteiger charge is 2.12. The summed E-state index contributed by atoms with van der Waals surface area (Å²) in [5.74, 6) is 0.366. The predicted octanol–water partition coefficient (Wildman–Crippen LogP) is 3.91. The molecular formula is C15H22O2. The molecule has 94 valence electrons. The molecule has 0 aliphatic carbocycles. The molecule has 0 heterocycles. The zero-order valence-corrected chi connectivity index (χ0v) is 11.0. The van der Waals surface area contributed by atoms with E-state index in [1.165, 1.54) is 5.56 Å². The van der Waals surface area contributed by atoms with Gasteiger partial charge in [0.15, 0.2) is 0 Å². The van der Waals surface area contributed by atoms with Crippen molar-refractivity contribution in [2.24, 2.45) is 0 Å². The Morgan fingerprint density at radius 1 is 1.24 bits per heavy atom. The monoisotopic (exact) mass is 234 g/mol. The van der Waals surface area contributed by atoms with Gasteiger partial charge in [-0.15, -0.1) is 0 Å². The van der Waals surface area contributed by atoms with Gasteiger partial charge in [-0.1, -0.05) is 37.3 Å². The predicted molar refractivity (Wildman–Crippen MR) is 69.9 cm³/mol. The third-order valence-corrected chi connectivity index (χ3v) is 2.83. The number of rotatable bonds is 6. The van der Waals surface area contributed by atoms with Gasteiger partial charge in [0.1, 0.15) is 0 Å². The van der Waals surface area contributed by atoms with Crippen LogP contribution in [0.4, 0.5) is 0 Å². The molecule has 1 aromatic rings. The maximum Gasteiger partial charge on any atom is 0.306 e. The van der Waals surface area contributed by atoms with Crippen molar-refractivity contribution in [1.82, 2.24) is 0 Å². The Morgan fingerprint density at radius 3 is 2.41 bits per heavy atom. The summed E-state index contributed by atoms with van der Waals surface area (Å²) in [5.41, 5.74) is 1.31. The number of ether oxygens (including phenoxy) is 1. The van der Waals surface area contributed by atoms with E-state index in [1.54, 1.807) is 0 Å². The first-order chi connectivity index (χ1) is 8.13. The fraction of sp³-hybridized carbons (Fsp3) is 0.533. The third-order valence-electron chi connectivity index (χ3n) is 2.83.